The van der Waals surface area contributed by atoms with Gasteiger partial charge >= 0.3 is 0 Å². The van der Waals surface area contributed by atoms with E-state index in [-0.39, 0.29) is 11.8 Å². The van der Waals surface area contributed by atoms with Crippen LogP contribution in [-0.4, -0.2) is 44.6 Å². The summed E-state index contributed by atoms with van der Waals surface area (Å²) in [6, 6.07) is 5.50. The zero-order valence-electron chi connectivity index (χ0n) is 15.8. The molecular weight excluding hydrogens is 374 g/mol. The smallest absolute Gasteiger partial charge is 0.275 e. The van der Waals surface area contributed by atoms with Gasteiger partial charge in [-0.05, 0) is 31.4 Å². The molecule has 1 aliphatic rings. The maximum Gasteiger partial charge on any atom is 0.275 e. The standard InChI is InChI=1S/C20H21N5O2S/c1-13-6-5-7-15(17(13)20(27)25-8-3-4-9-25)22-18(26)16-12-28-19(23-16)14-10-21-24(2)11-14/h5-7,10-12H,3-4,8-9H2,1-2H3,(H,22,26). The summed E-state index contributed by atoms with van der Waals surface area (Å²) >= 11 is 1.39. The molecule has 1 aromatic carbocycles. The van der Waals surface area contributed by atoms with Crippen LogP contribution in [0.25, 0.3) is 10.6 Å². The Morgan fingerprint density at radius 3 is 2.71 bits per heavy atom. The lowest BCUT2D eigenvalue weighted by Crippen LogP contribution is -2.29. The SMILES string of the molecule is Cc1cccc(NC(=O)c2csc(-c3cnn(C)c3)n2)c1C(=O)N1CCCC1. The summed E-state index contributed by atoms with van der Waals surface area (Å²) in [5.41, 5.74) is 3.12. The highest BCUT2D eigenvalue weighted by Gasteiger charge is 2.24. The Kier molecular flexibility index (Phi) is 4.95. The van der Waals surface area contributed by atoms with Crippen LogP contribution in [0.4, 0.5) is 5.69 Å². The second-order valence-corrected chi connectivity index (χ2v) is 7.75. The Balaban J connectivity index is 1.57. The third-order valence-electron chi connectivity index (χ3n) is 4.82. The molecule has 0 spiro atoms. The summed E-state index contributed by atoms with van der Waals surface area (Å²) in [5.74, 6) is -0.354. The van der Waals surface area contributed by atoms with Gasteiger partial charge in [0, 0.05) is 37.3 Å². The number of amides is 2. The largest absolute Gasteiger partial charge is 0.339 e. The number of benzene rings is 1. The molecule has 2 amide bonds. The Hall–Kier alpha value is -3.00. The average Bonchev–Trinajstić information content (AvgIpc) is 3.42. The van der Waals surface area contributed by atoms with Crippen LogP contribution in [0.15, 0.2) is 36.0 Å². The van der Waals surface area contributed by atoms with E-state index in [0.717, 1.165) is 42.1 Å². The van der Waals surface area contributed by atoms with Crippen molar-refractivity contribution in [3.8, 4) is 10.6 Å². The fourth-order valence-electron chi connectivity index (χ4n) is 3.36. The Bertz CT molecular complexity index is 1030. The minimum absolute atomic E-state index is 0.0276. The third kappa shape index (κ3) is 3.55. The van der Waals surface area contributed by atoms with E-state index in [1.807, 2.05) is 37.2 Å². The van der Waals surface area contributed by atoms with Gasteiger partial charge in [0.25, 0.3) is 11.8 Å². The number of thiazole rings is 1. The highest BCUT2D eigenvalue weighted by molar-refractivity contribution is 7.13. The van der Waals surface area contributed by atoms with Crippen LogP contribution >= 0.6 is 11.3 Å². The number of likely N-dealkylation sites (tertiary alicyclic amines) is 1. The molecule has 0 atom stereocenters. The second-order valence-electron chi connectivity index (χ2n) is 6.89. The predicted molar refractivity (Wildman–Crippen MR) is 109 cm³/mol. The number of hydrogen-bond donors (Lipinski definition) is 1. The highest BCUT2D eigenvalue weighted by atomic mass is 32.1. The topological polar surface area (TPSA) is 80.1 Å². The monoisotopic (exact) mass is 395 g/mol. The number of anilines is 1. The average molecular weight is 395 g/mol. The maximum atomic E-state index is 12.9. The van der Waals surface area contributed by atoms with Crippen LogP contribution in [0.3, 0.4) is 0 Å². The van der Waals surface area contributed by atoms with Crippen molar-refractivity contribution in [3.05, 3.63) is 52.8 Å². The number of carbonyl (C=O) groups excluding carboxylic acids is 2. The van der Waals surface area contributed by atoms with Crippen LogP contribution in [0.1, 0.15) is 39.3 Å². The Morgan fingerprint density at radius 2 is 2.00 bits per heavy atom. The van der Waals surface area contributed by atoms with E-state index in [9.17, 15) is 9.59 Å². The maximum absolute atomic E-state index is 12.9. The van der Waals surface area contributed by atoms with Gasteiger partial charge in [-0.2, -0.15) is 5.10 Å². The molecule has 0 unspecified atom stereocenters. The van der Waals surface area contributed by atoms with Crippen molar-refractivity contribution in [2.45, 2.75) is 19.8 Å². The molecule has 0 radical (unpaired) electrons. The fourth-order valence-corrected chi connectivity index (χ4v) is 4.14. The first-order valence-electron chi connectivity index (χ1n) is 9.18. The lowest BCUT2D eigenvalue weighted by molar-refractivity contribution is 0.0793. The summed E-state index contributed by atoms with van der Waals surface area (Å²) < 4.78 is 1.69. The lowest BCUT2D eigenvalue weighted by atomic mass is 10.0. The Morgan fingerprint density at radius 1 is 1.21 bits per heavy atom. The number of aromatic nitrogens is 3. The molecule has 1 aliphatic heterocycles. The summed E-state index contributed by atoms with van der Waals surface area (Å²) in [6.45, 7) is 3.42. The summed E-state index contributed by atoms with van der Waals surface area (Å²) in [4.78, 5) is 32.0. The lowest BCUT2D eigenvalue weighted by Gasteiger charge is -2.19. The van der Waals surface area contributed by atoms with Gasteiger partial charge in [0.05, 0.1) is 17.4 Å². The normalized spacial score (nSPS) is 13.7. The minimum Gasteiger partial charge on any atom is -0.339 e. The summed E-state index contributed by atoms with van der Waals surface area (Å²) in [5, 5.41) is 9.46. The third-order valence-corrected chi connectivity index (χ3v) is 5.71. The van der Waals surface area contributed by atoms with E-state index in [1.54, 1.807) is 22.3 Å². The predicted octanol–water partition coefficient (Wildman–Crippen LogP) is 3.34. The highest BCUT2D eigenvalue weighted by Crippen LogP contribution is 2.26. The zero-order chi connectivity index (χ0) is 19.7. The number of aryl methyl sites for hydroxylation is 2. The number of rotatable bonds is 4. The van der Waals surface area contributed by atoms with Gasteiger partial charge in [-0.25, -0.2) is 4.98 Å². The number of carbonyl (C=O) groups is 2. The molecule has 1 saturated heterocycles. The minimum atomic E-state index is -0.326. The second kappa shape index (κ2) is 7.55. The zero-order valence-corrected chi connectivity index (χ0v) is 16.6. The van der Waals surface area contributed by atoms with Gasteiger partial charge < -0.3 is 10.2 Å². The van der Waals surface area contributed by atoms with Crippen molar-refractivity contribution in [1.29, 1.82) is 0 Å². The molecule has 7 nitrogen and oxygen atoms in total. The molecule has 1 N–H and O–H groups in total. The van der Waals surface area contributed by atoms with Gasteiger partial charge in [-0.1, -0.05) is 12.1 Å². The van der Waals surface area contributed by atoms with Gasteiger partial charge in [0.1, 0.15) is 10.7 Å². The number of nitrogens with one attached hydrogen (secondary N) is 1. The van der Waals surface area contributed by atoms with Crippen molar-refractivity contribution in [2.75, 3.05) is 18.4 Å². The van der Waals surface area contributed by atoms with Crippen molar-refractivity contribution >= 4 is 28.8 Å². The molecule has 144 valence electrons. The number of hydrogen-bond acceptors (Lipinski definition) is 5. The van der Waals surface area contributed by atoms with Crippen LogP contribution in [0, 0.1) is 6.92 Å². The molecule has 0 aliphatic carbocycles. The van der Waals surface area contributed by atoms with E-state index in [4.69, 9.17) is 0 Å². The first-order chi connectivity index (χ1) is 13.5. The van der Waals surface area contributed by atoms with Crippen LogP contribution in [-0.2, 0) is 7.05 Å². The van der Waals surface area contributed by atoms with Gasteiger partial charge in [-0.3, -0.25) is 14.3 Å². The Labute approximate surface area is 167 Å². The van der Waals surface area contributed by atoms with Gasteiger partial charge in [0.15, 0.2) is 0 Å². The van der Waals surface area contributed by atoms with Crippen molar-refractivity contribution in [1.82, 2.24) is 19.7 Å². The fraction of sp³-hybridized carbons (Fsp3) is 0.300. The summed E-state index contributed by atoms with van der Waals surface area (Å²) in [6.07, 6.45) is 5.62. The molecule has 28 heavy (non-hydrogen) atoms. The van der Waals surface area contributed by atoms with Crippen LogP contribution < -0.4 is 5.32 Å². The van der Waals surface area contributed by atoms with E-state index in [2.05, 4.69) is 15.4 Å². The molecule has 2 aromatic heterocycles. The van der Waals surface area contributed by atoms with Crippen LogP contribution in [0.2, 0.25) is 0 Å². The summed E-state index contributed by atoms with van der Waals surface area (Å²) in [7, 11) is 1.83. The van der Waals surface area contributed by atoms with E-state index < -0.39 is 0 Å². The van der Waals surface area contributed by atoms with Crippen LogP contribution in [0.5, 0.6) is 0 Å². The van der Waals surface area contributed by atoms with Crippen molar-refractivity contribution in [3.63, 3.8) is 0 Å². The van der Waals surface area contributed by atoms with E-state index in [0.29, 0.717) is 16.9 Å². The molecule has 3 heterocycles. The molecule has 3 aromatic rings. The van der Waals surface area contributed by atoms with E-state index in [1.165, 1.54) is 11.3 Å². The number of nitrogens with zero attached hydrogens (tertiary/aromatic N) is 4. The van der Waals surface area contributed by atoms with Crippen molar-refractivity contribution < 1.29 is 9.59 Å². The first-order valence-corrected chi connectivity index (χ1v) is 10.1. The van der Waals surface area contributed by atoms with Gasteiger partial charge in [-0.15, -0.1) is 11.3 Å². The van der Waals surface area contributed by atoms with E-state index >= 15 is 0 Å². The van der Waals surface area contributed by atoms with Crippen molar-refractivity contribution in [2.24, 2.45) is 7.05 Å². The van der Waals surface area contributed by atoms with Gasteiger partial charge in [0.2, 0.25) is 0 Å². The quantitative estimate of drug-likeness (QED) is 0.735. The molecule has 1 fully saturated rings. The molecule has 8 heteroatoms. The molecule has 0 saturated carbocycles. The molecule has 0 bridgehead atoms. The molecular formula is C20H21N5O2S. The first kappa shape index (κ1) is 18.4. The molecule has 4 rings (SSSR count).